The van der Waals surface area contributed by atoms with Crippen LogP contribution in [0, 0.1) is 6.92 Å². The Kier molecular flexibility index (Phi) is 6.14. The fraction of sp³-hybridized carbons (Fsp3) is 0.158. The Morgan fingerprint density at radius 3 is 2.38 bits per heavy atom. The average molecular weight is 325 g/mol. The summed E-state index contributed by atoms with van der Waals surface area (Å²) in [5, 5.41) is 10.7. The number of carboxylic acids is 1. The van der Waals surface area contributed by atoms with E-state index in [9.17, 15) is 9.59 Å². The summed E-state index contributed by atoms with van der Waals surface area (Å²) in [7, 11) is 0. The van der Waals surface area contributed by atoms with Crippen LogP contribution in [0.3, 0.4) is 0 Å². The fourth-order valence-electron chi connectivity index (χ4n) is 1.92. The predicted octanol–water partition coefficient (Wildman–Crippen LogP) is 2.79. The van der Waals surface area contributed by atoms with Gasteiger partial charge in [-0.05, 0) is 36.3 Å². The van der Waals surface area contributed by atoms with E-state index >= 15 is 0 Å². The van der Waals surface area contributed by atoms with E-state index in [0.29, 0.717) is 6.61 Å². The number of benzene rings is 2. The molecule has 0 heterocycles. The van der Waals surface area contributed by atoms with Gasteiger partial charge in [-0.1, -0.05) is 42.0 Å². The largest absolute Gasteiger partial charge is 0.489 e. The van der Waals surface area contributed by atoms with Gasteiger partial charge in [0.05, 0.1) is 0 Å². The molecule has 0 saturated carbocycles. The van der Waals surface area contributed by atoms with Gasteiger partial charge < -0.3 is 15.2 Å². The van der Waals surface area contributed by atoms with E-state index in [1.165, 1.54) is 11.6 Å². The summed E-state index contributed by atoms with van der Waals surface area (Å²) in [6, 6.07) is 15.4. The first kappa shape index (κ1) is 17.3. The molecule has 2 aromatic carbocycles. The smallest absolute Gasteiger partial charge is 0.322 e. The highest BCUT2D eigenvalue weighted by molar-refractivity contribution is 5.93. The van der Waals surface area contributed by atoms with Crippen molar-refractivity contribution in [1.82, 2.24) is 5.32 Å². The van der Waals surface area contributed by atoms with Crippen LogP contribution in [0.5, 0.6) is 5.75 Å². The molecule has 0 aliphatic rings. The lowest BCUT2D eigenvalue weighted by molar-refractivity contribution is -0.137. The first-order valence-electron chi connectivity index (χ1n) is 7.49. The van der Waals surface area contributed by atoms with Crippen molar-refractivity contribution in [3.8, 4) is 5.75 Å². The van der Waals surface area contributed by atoms with Gasteiger partial charge in [-0.15, -0.1) is 0 Å². The maximum Gasteiger partial charge on any atom is 0.322 e. The van der Waals surface area contributed by atoms with Gasteiger partial charge in [0.1, 0.15) is 18.9 Å². The quantitative estimate of drug-likeness (QED) is 0.768. The molecule has 5 heteroatoms. The lowest BCUT2D eigenvalue weighted by Crippen LogP contribution is -2.27. The van der Waals surface area contributed by atoms with Gasteiger partial charge in [-0.25, -0.2) is 0 Å². The molecule has 0 spiro atoms. The van der Waals surface area contributed by atoms with E-state index in [1.807, 2.05) is 55.5 Å². The van der Waals surface area contributed by atoms with E-state index in [0.717, 1.165) is 16.9 Å². The van der Waals surface area contributed by atoms with Crippen LogP contribution >= 0.6 is 0 Å². The van der Waals surface area contributed by atoms with Crippen molar-refractivity contribution in [2.45, 2.75) is 13.5 Å². The summed E-state index contributed by atoms with van der Waals surface area (Å²) in [5.74, 6) is -0.785. The summed E-state index contributed by atoms with van der Waals surface area (Å²) in [6.45, 7) is 2.14. The van der Waals surface area contributed by atoms with Crippen LogP contribution in [0.25, 0.3) is 6.08 Å². The minimum Gasteiger partial charge on any atom is -0.489 e. The fourth-order valence-corrected chi connectivity index (χ4v) is 1.92. The number of carboxylic acid groups (broad SMARTS) is 1. The average Bonchev–Trinajstić information content (AvgIpc) is 2.58. The minimum absolute atomic E-state index is 0.394. The number of aliphatic carboxylic acids is 1. The molecule has 0 aliphatic heterocycles. The number of rotatable bonds is 7. The molecule has 2 N–H and O–H groups in total. The third-order valence-electron chi connectivity index (χ3n) is 3.25. The molecule has 0 saturated heterocycles. The molecular formula is C19H19NO4. The van der Waals surface area contributed by atoms with Crippen LogP contribution < -0.4 is 10.1 Å². The van der Waals surface area contributed by atoms with Gasteiger partial charge in [0.15, 0.2) is 0 Å². The Bertz CT molecular complexity index is 718. The second-order valence-electron chi connectivity index (χ2n) is 5.29. The zero-order valence-corrected chi connectivity index (χ0v) is 13.4. The lowest BCUT2D eigenvalue weighted by Gasteiger charge is -2.07. The molecule has 124 valence electrons. The highest BCUT2D eigenvalue weighted by atomic mass is 16.5. The Balaban J connectivity index is 1.85. The number of carbonyl (C=O) groups is 2. The van der Waals surface area contributed by atoms with Crippen molar-refractivity contribution in [3.05, 3.63) is 71.3 Å². The predicted molar refractivity (Wildman–Crippen MR) is 91.6 cm³/mol. The molecular weight excluding hydrogens is 306 g/mol. The van der Waals surface area contributed by atoms with Gasteiger partial charge >= 0.3 is 5.97 Å². The second kappa shape index (κ2) is 8.53. The third-order valence-corrected chi connectivity index (χ3v) is 3.25. The third kappa shape index (κ3) is 5.96. The molecule has 1 amide bonds. The Hall–Kier alpha value is -3.08. The first-order valence-corrected chi connectivity index (χ1v) is 7.49. The van der Waals surface area contributed by atoms with Crippen LogP contribution in [0.15, 0.2) is 54.6 Å². The highest BCUT2D eigenvalue weighted by Gasteiger charge is 2.00. The molecule has 0 atom stereocenters. The van der Waals surface area contributed by atoms with E-state index in [-0.39, 0.29) is 0 Å². The first-order chi connectivity index (χ1) is 11.5. The monoisotopic (exact) mass is 325 g/mol. The number of carbonyl (C=O) groups excluding carboxylic acids is 1. The highest BCUT2D eigenvalue weighted by Crippen LogP contribution is 2.15. The standard InChI is InChI=1S/C19H19NO4/c1-14-2-4-16(5-3-14)13-24-17-9-6-15(7-10-17)8-11-18(21)20-12-19(22)23/h2-11H,12-13H2,1H3,(H,20,21)(H,22,23). The molecule has 24 heavy (non-hydrogen) atoms. The number of amides is 1. The maximum absolute atomic E-state index is 11.4. The van der Waals surface area contributed by atoms with Crippen molar-refractivity contribution in [3.63, 3.8) is 0 Å². The van der Waals surface area contributed by atoms with E-state index in [4.69, 9.17) is 9.84 Å². The molecule has 0 aromatic heterocycles. The number of hydrogen-bond donors (Lipinski definition) is 2. The van der Waals surface area contributed by atoms with Crippen molar-refractivity contribution >= 4 is 18.0 Å². The molecule has 0 aliphatic carbocycles. The number of aryl methyl sites for hydroxylation is 1. The van der Waals surface area contributed by atoms with Crippen molar-refractivity contribution in [2.75, 3.05) is 6.54 Å². The van der Waals surface area contributed by atoms with Crippen LogP contribution in [0.1, 0.15) is 16.7 Å². The van der Waals surface area contributed by atoms with Crippen molar-refractivity contribution in [2.24, 2.45) is 0 Å². The molecule has 0 bridgehead atoms. The van der Waals surface area contributed by atoms with Crippen molar-refractivity contribution in [1.29, 1.82) is 0 Å². The van der Waals surface area contributed by atoms with Gasteiger partial charge in [-0.3, -0.25) is 9.59 Å². The Labute approximate surface area is 140 Å². The minimum atomic E-state index is -1.08. The summed E-state index contributed by atoms with van der Waals surface area (Å²) < 4.78 is 5.71. The second-order valence-corrected chi connectivity index (χ2v) is 5.29. The van der Waals surface area contributed by atoms with E-state index < -0.39 is 18.4 Å². The number of hydrogen-bond acceptors (Lipinski definition) is 3. The van der Waals surface area contributed by atoms with Crippen LogP contribution in [0.4, 0.5) is 0 Å². The van der Waals surface area contributed by atoms with Crippen LogP contribution in [0.2, 0.25) is 0 Å². The van der Waals surface area contributed by atoms with Crippen LogP contribution in [-0.4, -0.2) is 23.5 Å². The topological polar surface area (TPSA) is 75.6 Å². The SMILES string of the molecule is Cc1ccc(COc2ccc(C=CC(=O)NCC(=O)O)cc2)cc1. The maximum atomic E-state index is 11.4. The van der Waals surface area contributed by atoms with E-state index in [2.05, 4.69) is 5.32 Å². The molecule has 0 fully saturated rings. The number of nitrogens with one attached hydrogen (secondary N) is 1. The summed E-state index contributed by atoms with van der Waals surface area (Å²) in [6.07, 6.45) is 2.91. The molecule has 2 rings (SSSR count). The van der Waals surface area contributed by atoms with Gasteiger partial charge in [0.25, 0.3) is 0 Å². The van der Waals surface area contributed by atoms with Gasteiger partial charge in [-0.2, -0.15) is 0 Å². The van der Waals surface area contributed by atoms with Crippen LogP contribution in [-0.2, 0) is 16.2 Å². The molecule has 2 aromatic rings. The van der Waals surface area contributed by atoms with Gasteiger partial charge in [0, 0.05) is 6.08 Å². The molecule has 0 unspecified atom stereocenters. The van der Waals surface area contributed by atoms with Crippen molar-refractivity contribution < 1.29 is 19.4 Å². The summed E-state index contributed by atoms with van der Waals surface area (Å²) in [4.78, 5) is 21.7. The molecule has 0 radical (unpaired) electrons. The normalized spacial score (nSPS) is 10.5. The Morgan fingerprint density at radius 2 is 1.75 bits per heavy atom. The lowest BCUT2D eigenvalue weighted by atomic mass is 10.1. The van der Waals surface area contributed by atoms with E-state index in [1.54, 1.807) is 6.08 Å². The summed E-state index contributed by atoms with van der Waals surface area (Å²) >= 11 is 0. The summed E-state index contributed by atoms with van der Waals surface area (Å²) in [5.41, 5.74) is 3.13. The Morgan fingerprint density at radius 1 is 1.08 bits per heavy atom. The number of ether oxygens (including phenoxy) is 1. The zero-order valence-electron chi connectivity index (χ0n) is 13.4. The zero-order chi connectivity index (χ0) is 17.4. The molecule has 5 nitrogen and oxygen atoms in total. The van der Waals surface area contributed by atoms with Gasteiger partial charge in [0.2, 0.25) is 5.91 Å².